The standard InChI is InChI=1S/C18H16ClNO2S2/c1-13-8-10-14(11-9-13)18(16-6-4-12-23-16)20-24(21,22)17-7-3-2-5-15(17)19/h2-12,18,20H,1H3/t18-/m0/s1. The average molecular weight is 378 g/mol. The van der Waals surface area contributed by atoms with Gasteiger partial charge in [0.25, 0.3) is 0 Å². The zero-order valence-electron chi connectivity index (χ0n) is 12.9. The summed E-state index contributed by atoms with van der Waals surface area (Å²) in [7, 11) is -3.75. The van der Waals surface area contributed by atoms with Crippen molar-refractivity contribution in [3.8, 4) is 0 Å². The van der Waals surface area contributed by atoms with Crippen molar-refractivity contribution < 1.29 is 8.42 Å². The summed E-state index contributed by atoms with van der Waals surface area (Å²) in [6, 6.07) is 17.6. The first kappa shape index (κ1) is 17.2. The Morgan fingerprint density at radius 3 is 2.33 bits per heavy atom. The molecule has 3 aromatic rings. The van der Waals surface area contributed by atoms with Gasteiger partial charge >= 0.3 is 0 Å². The van der Waals surface area contributed by atoms with Gasteiger partial charge < -0.3 is 0 Å². The maximum Gasteiger partial charge on any atom is 0.242 e. The lowest BCUT2D eigenvalue weighted by Gasteiger charge is -2.19. The SMILES string of the molecule is Cc1ccc([C@H](NS(=O)(=O)c2ccccc2Cl)c2cccs2)cc1. The number of aryl methyl sites for hydroxylation is 1. The first-order chi connectivity index (χ1) is 11.5. The van der Waals surface area contributed by atoms with Gasteiger partial charge in [0.15, 0.2) is 0 Å². The van der Waals surface area contributed by atoms with Gasteiger partial charge in [0.1, 0.15) is 4.90 Å². The fourth-order valence-electron chi connectivity index (χ4n) is 2.39. The minimum atomic E-state index is -3.75. The Morgan fingerprint density at radius 1 is 1.00 bits per heavy atom. The van der Waals surface area contributed by atoms with Crippen LogP contribution in [0.25, 0.3) is 0 Å². The third-order valence-electron chi connectivity index (χ3n) is 3.64. The number of hydrogen-bond acceptors (Lipinski definition) is 3. The van der Waals surface area contributed by atoms with Gasteiger partial charge in [-0.05, 0) is 36.1 Å². The Labute approximate surface area is 151 Å². The minimum absolute atomic E-state index is 0.0836. The van der Waals surface area contributed by atoms with Crippen molar-refractivity contribution in [2.45, 2.75) is 17.9 Å². The number of sulfonamides is 1. The van der Waals surface area contributed by atoms with Gasteiger partial charge in [0.05, 0.1) is 11.1 Å². The molecule has 0 amide bonds. The lowest BCUT2D eigenvalue weighted by atomic mass is 10.0. The van der Waals surface area contributed by atoms with Gasteiger partial charge in [-0.2, -0.15) is 4.72 Å². The highest BCUT2D eigenvalue weighted by Gasteiger charge is 2.25. The fraction of sp³-hybridized carbons (Fsp3) is 0.111. The van der Waals surface area contributed by atoms with E-state index in [9.17, 15) is 8.42 Å². The average Bonchev–Trinajstić information content (AvgIpc) is 3.08. The summed E-state index contributed by atoms with van der Waals surface area (Å²) in [5, 5.41) is 2.14. The van der Waals surface area contributed by atoms with Crippen molar-refractivity contribution >= 4 is 33.0 Å². The number of nitrogens with one attached hydrogen (secondary N) is 1. The molecule has 2 aromatic carbocycles. The number of thiophene rings is 1. The normalized spacial score (nSPS) is 12.9. The van der Waals surface area contributed by atoms with Crippen LogP contribution in [0.4, 0.5) is 0 Å². The summed E-state index contributed by atoms with van der Waals surface area (Å²) >= 11 is 7.58. The van der Waals surface area contributed by atoms with Crippen LogP contribution in [0.3, 0.4) is 0 Å². The molecule has 0 aliphatic rings. The van der Waals surface area contributed by atoms with E-state index >= 15 is 0 Å². The van der Waals surface area contributed by atoms with Crippen molar-refractivity contribution in [3.05, 3.63) is 87.1 Å². The van der Waals surface area contributed by atoms with E-state index in [4.69, 9.17) is 11.6 Å². The second-order valence-corrected chi connectivity index (χ2v) is 8.48. The van der Waals surface area contributed by atoms with Gasteiger partial charge in [-0.3, -0.25) is 0 Å². The number of benzene rings is 2. The molecule has 6 heteroatoms. The quantitative estimate of drug-likeness (QED) is 0.695. The molecule has 0 aliphatic carbocycles. The number of rotatable bonds is 5. The topological polar surface area (TPSA) is 46.2 Å². The van der Waals surface area contributed by atoms with Gasteiger partial charge in [0.2, 0.25) is 10.0 Å². The van der Waals surface area contributed by atoms with Crippen molar-refractivity contribution in [1.82, 2.24) is 4.72 Å². The van der Waals surface area contributed by atoms with E-state index in [1.54, 1.807) is 18.2 Å². The molecule has 0 saturated heterocycles. The molecule has 0 bridgehead atoms. The Kier molecular flexibility index (Phi) is 5.06. The molecular formula is C18H16ClNO2S2. The first-order valence-electron chi connectivity index (χ1n) is 7.34. The largest absolute Gasteiger partial charge is 0.242 e. The maximum absolute atomic E-state index is 12.8. The van der Waals surface area contributed by atoms with Crippen molar-refractivity contribution in [1.29, 1.82) is 0 Å². The lowest BCUT2D eigenvalue weighted by Crippen LogP contribution is -2.29. The summed E-state index contributed by atoms with van der Waals surface area (Å²) in [6.07, 6.45) is 0. The highest BCUT2D eigenvalue weighted by Crippen LogP contribution is 2.29. The molecule has 3 nitrogen and oxygen atoms in total. The van der Waals surface area contributed by atoms with Gasteiger partial charge in [-0.1, -0.05) is 59.6 Å². The van der Waals surface area contributed by atoms with Crippen LogP contribution in [-0.2, 0) is 10.0 Å². The van der Waals surface area contributed by atoms with Crippen LogP contribution in [0.1, 0.15) is 22.0 Å². The van der Waals surface area contributed by atoms with Crippen molar-refractivity contribution in [3.63, 3.8) is 0 Å². The predicted molar refractivity (Wildman–Crippen MR) is 99.1 cm³/mol. The summed E-state index contributed by atoms with van der Waals surface area (Å²) in [5.41, 5.74) is 2.01. The third-order valence-corrected chi connectivity index (χ3v) is 6.50. The molecule has 0 fully saturated rings. The van der Waals surface area contributed by atoms with E-state index < -0.39 is 16.1 Å². The number of halogens is 1. The van der Waals surface area contributed by atoms with Crippen molar-refractivity contribution in [2.24, 2.45) is 0 Å². The van der Waals surface area contributed by atoms with Gasteiger partial charge in [-0.15, -0.1) is 11.3 Å². The first-order valence-corrected chi connectivity index (χ1v) is 10.1. The Balaban J connectivity index is 2.01. The molecule has 3 rings (SSSR count). The van der Waals surface area contributed by atoms with E-state index in [0.29, 0.717) is 0 Å². The monoisotopic (exact) mass is 377 g/mol. The fourth-order valence-corrected chi connectivity index (χ4v) is 4.99. The summed E-state index contributed by atoms with van der Waals surface area (Å²) in [5.74, 6) is 0. The van der Waals surface area contributed by atoms with Gasteiger partial charge in [-0.25, -0.2) is 8.42 Å². The van der Waals surface area contributed by atoms with Crippen LogP contribution in [-0.4, -0.2) is 8.42 Å². The van der Waals surface area contributed by atoms with Crippen molar-refractivity contribution in [2.75, 3.05) is 0 Å². The minimum Gasteiger partial charge on any atom is -0.207 e. The zero-order chi connectivity index (χ0) is 17.2. The molecule has 1 aromatic heterocycles. The molecule has 124 valence electrons. The van der Waals surface area contributed by atoms with Gasteiger partial charge in [0, 0.05) is 4.88 Å². The Bertz CT molecular complexity index is 920. The Hall–Kier alpha value is -1.66. The highest BCUT2D eigenvalue weighted by atomic mass is 35.5. The molecule has 0 aliphatic heterocycles. The van der Waals surface area contributed by atoms with E-state index in [0.717, 1.165) is 16.0 Å². The molecule has 1 heterocycles. The Morgan fingerprint density at radius 2 is 1.71 bits per heavy atom. The summed E-state index contributed by atoms with van der Waals surface area (Å²) in [4.78, 5) is 1.01. The van der Waals surface area contributed by atoms with Crippen LogP contribution in [0.5, 0.6) is 0 Å². The summed E-state index contributed by atoms with van der Waals surface area (Å²) in [6.45, 7) is 2.00. The molecule has 1 atom stereocenters. The zero-order valence-corrected chi connectivity index (χ0v) is 15.3. The second kappa shape index (κ2) is 7.07. The molecule has 0 saturated carbocycles. The maximum atomic E-state index is 12.8. The van der Waals surface area contributed by atoms with Crippen LogP contribution < -0.4 is 4.72 Å². The van der Waals surface area contributed by atoms with Crippen LogP contribution in [0.2, 0.25) is 5.02 Å². The predicted octanol–water partition coefficient (Wildman–Crippen LogP) is 4.78. The molecule has 0 unspecified atom stereocenters. The van der Waals surface area contributed by atoms with Crippen LogP contribution in [0, 0.1) is 6.92 Å². The van der Waals surface area contributed by atoms with E-state index in [-0.39, 0.29) is 9.92 Å². The third kappa shape index (κ3) is 3.70. The highest BCUT2D eigenvalue weighted by molar-refractivity contribution is 7.89. The molecule has 0 radical (unpaired) electrons. The van der Waals surface area contributed by atoms with E-state index in [1.165, 1.54) is 17.4 Å². The molecule has 0 spiro atoms. The lowest BCUT2D eigenvalue weighted by molar-refractivity contribution is 0.573. The molecule has 24 heavy (non-hydrogen) atoms. The van der Waals surface area contributed by atoms with Crippen LogP contribution in [0.15, 0.2) is 70.9 Å². The second-order valence-electron chi connectivity index (χ2n) is 5.41. The van der Waals surface area contributed by atoms with Crippen LogP contribution >= 0.6 is 22.9 Å². The summed E-state index contributed by atoms with van der Waals surface area (Å²) < 4.78 is 28.4. The number of hydrogen-bond donors (Lipinski definition) is 1. The molecular weight excluding hydrogens is 362 g/mol. The van der Waals surface area contributed by atoms with E-state index in [1.807, 2.05) is 48.7 Å². The van der Waals surface area contributed by atoms with E-state index in [2.05, 4.69) is 4.72 Å². The molecule has 1 N–H and O–H groups in total. The smallest absolute Gasteiger partial charge is 0.207 e.